The Morgan fingerprint density at radius 2 is 1.79 bits per heavy atom. The van der Waals surface area contributed by atoms with Gasteiger partial charge in [0, 0.05) is 38.6 Å². The highest BCUT2D eigenvalue weighted by Crippen LogP contribution is 2.44. The number of carbonyl (C=O) groups is 2. The van der Waals surface area contributed by atoms with Gasteiger partial charge in [-0.2, -0.15) is 0 Å². The van der Waals surface area contributed by atoms with Crippen molar-refractivity contribution in [2.24, 2.45) is 17.6 Å². The van der Waals surface area contributed by atoms with Crippen LogP contribution in [0, 0.1) is 17.2 Å². The number of carbonyl (C=O) groups excluding carboxylic acids is 2. The van der Waals surface area contributed by atoms with E-state index in [1.54, 1.807) is 0 Å². The van der Waals surface area contributed by atoms with Crippen LogP contribution >= 0.6 is 0 Å². The van der Waals surface area contributed by atoms with Gasteiger partial charge >= 0.3 is 0 Å². The van der Waals surface area contributed by atoms with E-state index in [1.807, 2.05) is 4.90 Å². The normalized spacial score (nSPS) is 23.3. The van der Waals surface area contributed by atoms with Crippen LogP contribution in [0.25, 0.3) is 0 Å². The summed E-state index contributed by atoms with van der Waals surface area (Å²) in [6.07, 6.45) is 8.97. The average Bonchev–Trinajstić information content (AvgIpc) is 2.91. The van der Waals surface area contributed by atoms with Crippen molar-refractivity contribution in [1.82, 2.24) is 20.4 Å². The smallest absolute Gasteiger partial charge is 0.233 e. The van der Waals surface area contributed by atoms with Crippen LogP contribution in [0.4, 0.5) is 0 Å². The minimum atomic E-state index is -0.436. The molecule has 2 aliphatic heterocycles. The summed E-state index contributed by atoms with van der Waals surface area (Å²) in [5.41, 5.74) is 7.32. The summed E-state index contributed by atoms with van der Waals surface area (Å²) in [6, 6.07) is 9.17. The second-order valence-corrected chi connectivity index (χ2v) is 12.0. The summed E-state index contributed by atoms with van der Waals surface area (Å²) < 4.78 is 0. The van der Waals surface area contributed by atoms with Crippen molar-refractivity contribution in [2.75, 3.05) is 32.7 Å². The Bertz CT molecular complexity index is 963. The van der Waals surface area contributed by atoms with Gasteiger partial charge in [0.25, 0.3) is 0 Å². The molecular weight excluding hydrogens is 476 g/mol. The molecule has 5 N–H and O–H groups in total. The van der Waals surface area contributed by atoms with Gasteiger partial charge in [0.05, 0.1) is 5.41 Å². The number of hydrogen-bond acceptors (Lipinski definition) is 4. The summed E-state index contributed by atoms with van der Waals surface area (Å²) in [7, 11) is 0. The van der Waals surface area contributed by atoms with Crippen LogP contribution in [-0.2, 0) is 21.5 Å². The zero-order valence-electron chi connectivity index (χ0n) is 23.4. The van der Waals surface area contributed by atoms with Crippen LogP contribution in [0.3, 0.4) is 0 Å². The van der Waals surface area contributed by atoms with Crippen molar-refractivity contribution >= 4 is 17.8 Å². The fraction of sp³-hybridized carbons (Fsp3) is 0.700. The van der Waals surface area contributed by atoms with Crippen molar-refractivity contribution in [3.05, 3.63) is 35.4 Å². The van der Waals surface area contributed by atoms with E-state index in [9.17, 15) is 9.59 Å². The van der Waals surface area contributed by atoms with E-state index in [1.165, 1.54) is 36.8 Å². The second-order valence-electron chi connectivity index (χ2n) is 12.0. The Hall–Kier alpha value is -2.61. The maximum absolute atomic E-state index is 14.0. The summed E-state index contributed by atoms with van der Waals surface area (Å²) in [4.78, 5) is 30.9. The number of amides is 2. The fourth-order valence-corrected chi connectivity index (χ4v) is 6.94. The Kier molecular flexibility index (Phi) is 9.69. The first-order chi connectivity index (χ1) is 18.3. The van der Waals surface area contributed by atoms with Crippen LogP contribution in [-0.4, -0.2) is 66.3 Å². The van der Waals surface area contributed by atoms with E-state index in [0.717, 1.165) is 50.6 Å². The lowest BCUT2D eigenvalue weighted by atomic mass is 9.67. The van der Waals surface area contributed by atoms with Gasteiger partial charge in [-0.1, -0.05) is 38.1 Å². The number of nitrogens with two attached hydrogens (primary N) is 1. The monoisotopic (exact) mass is 524 g/mol. The Balaban J connectivity index is 1.31. The quantitative estimate of drug-likeness (QED) is 0.213. The molecule has 0 unspecified atom stereocenters. The topological polar surface area (TPSA) is 115 Å². The first-order valence-corrected chi connectivity index (χ1v) is 14.8. The number of piperidine rings is 1. The van der Waals surface area contributed by atoms with Gasteiger partial charge < -0.3 is 26.2 Å². The third-order valence-electron chi connectivity index (χ3n) is 9.29. The molecule has 0 radical (unpaired) electrons. The molecule has 0 bridgehead atoms. The number of nitrogens with zero attached hydrogens (tertiary/aromatic N) is 2. The largest absolute Gasteiger partial charge is 0.370 e. The molecule has 1 spiro atoms. The van der Waals surface area contributed by atoms with Gasteiger partial charge in [-0.15, -0.1) is 0 Å². The maximum Gasteiger partial charge on any atom is 0.233 e. The molecule has 2 heterocycles. The number of guanidine groups is 1. The van der Waals surface area contributed by atoms with Crippen LogP contribution in [0.5, 0.6) is 0 Å². The van der Waals surface area contributed by atoms with E-state index in [0.29, 0.717) is 38.6 Å². The Labute approximate surface area is 228 Å². The molecule has 38 heavy (non-hydrogen) atoms. The lowest BCUT2D eigenvalue weighted by molar-refractivity contribution is -0.142. The van der Waals surface area contributed by atoms with Gasteiger partial charge in [-0.05, 0) is 87.4 Å². The van der Waals surface area contributed by atoms with Crippen molar-refractivity contribution in [2.45, 2.75) is 89.6 Å². The third kappa shape index (κ3) is 6.68. The predicted octanol–water partition coefficient (Wildman–Crippen LogP) is 3.35. The van der Waals surface area contributed by atoms with Gasteiger partial charge in [0.15, 0.2) is 5.96 Å². The van der Waals surface area contributed by atoms with Gasteiger partial charge in [0.2, 0.25) is 11.8 Å². The lowest BCUT2D eigenvalue weighted by Crippen LogP contribution is -2.58. The zero-order chi connectivity index (χ0) is 27.1. The SMILES string of the molecule is CC(C)[C@H]1CC[C@@H](N2CCC3(CC2)C(=O)N(CCNC(=O)CCCCNC(=N)N)Cc2ccccc23)CC1. The summed E-state index contributed by atoms with van der Waals surface area (Å²) in [5.74, 6) is 1.85. The van der Waals surface area contributed by atoms with Crippen LogP contribution < -0.4 is 16.4 Å². The molecule has 1 aromatic carbocycles. The number of benzene rings is 1. The molecule has 8 nitrogen and oxygen atoms in total. The number of rotatable bonds is 10. The fourth-order valence-electron chi connectivity index (χ4n) is 6.94. The van der Waals surface area contributed by atoms with E-state index in [-0.39, 0.29) is 17.8 Å². The third-order valence-corrected chi connectivity index (χ3v) is 9.29. The number of likely N-dealkylation sites (tertiary alicyclic amines) is 1. The molecule has 2 fully saturated rings. The molecule has 1 aromatic rings. The molecule has 210 valence electrons. The first kappa shape index (κ1) is 28.4. The molecule has 4 rings (SSSR count). The van der Waals surface area contributed by atoms with Gasteiger partial charge in [0.1, 0.15) is 0 Å². The van der Waals surface area contributed by atoms with Gasteiger partial charge in [-0.25, -0.2) is 0 Å². The standard InChI is InChI=1S/C30H48N6O2/c1-22(2)23-10-12-25(13-11-23)35-18-14-30(15-19-35)26-8-4-3-7-24(26)21-36(28(30)38)20-17-33-27(37)9-5-6-16-34-29(31)32/h3-4,7-8,22-23,25H,5-6,9-21H2,1-2H3,(H,33,37)(H4,31,32,34)/t23-,25+. The number of unbranched alkanes of at least 4 members (excludes halogenated alkanes) is 1. The summed E-state index contributed by atoms with van der Waals surface area (Å²) in [5, 5.41) is 12.9. The van der Waals surface area contributed by atoms with Crippen molar-refractivity contribution in [3.8, 4) is 0 Å². The lowest BCUT2D eigenvalue weighted by Gasteiger charge is -2.49. The first-order valence-electron chi connectivity index (χ1n) is 14.8. The molecule has 2 amide bonds. The molecule has 3 aliphatic rings. The van der Waals surface area contributed by atoms with Crippen LogP contribution in [0.1, 0.15) is 82.8 Å². The van der Waals surface area contributed by atoms with Crippen molar-refractivity contribution in [1.29, 1.82) is 5.41 Å². The minimum Gasteiger partial charge on any atom is -0.370 e. The van der Waals surface area contributed by atoms with E-state index < -0.39 is 5.41 Å². The Morgan fingerprint density at radius 3 is 2.47 bits per heavy atom. The summed E-state index contributed by atoms with van der Waals surface area (Å²) >= 11 is 0. The van der Waals surface area contributed by atoms with Crippen molar-refractivity contribution < 1.29 is 9.59 Å². The van der Waals surface area contributed by atoms with Crippen molar-refractivity contribution in [3.63, 3.8) is 0 Å². The molecular formula is C30H48N6O2. The Morgan fingerprint density at radius 1 is 1.08 bits per heavy atom. The average molecular weight is 525 g/mol. The molecule has 1 saturated carbocycles. The highest BCUT2D eigenvalue weighted by atomic mass is 16.2. The number of fused-ring (bicyclic) bond motifs is 2. The van der Waals surface area contributed by atoms with Crippen LogP contribution in [0.15, 0.2) is 24.3 Å². The van der Waals surface area contributed by atoms with Crippen LogP contribution in [0.2, 0.25) is 0 Å². The summed E-state index contributed by atoms with van der Waals surface area (Å²) in [6.45, 7) is 8.91. The number of hydrogen-bond donors (Lipinski definition) is 4. The van der Waals surface area contributed by atoms with Gasteiger partial charge in [-0.3, -0.25) is 15.0 Å². The zero-order valence-corrected chi connectivity index (χ0v) is 23.4. The maximum atomic E-state index is 14.0. The molecule has 1 aliphatic carbocycles. The molecule has 0 aromatic heterocycles. The highest BCUT2D eigenvalue weighted by molar-refractivity contribution is 5.90. The molecule has 0 atom stereocenters. The van der Waals surface area contributed by atoms with E-state index in [2.05, 4.69) is 53.6 Å². The molecule has 1 saturated heterocycles. The number of nitrogens with one attached hydrogen (secondary N) is 3. The second kappa shape index (κ2) is 13.0. The van der Waals surface area contributed by atoms with E-state index in [4.69, 9.17) is 11.1 Å². The predicted molar refractivity (Wildman–Crippen MR) is 152 cm³/mol. The molecule has 8 heteroatoms. The van der Waals surface area contributed by atoms with E-state index >= 15 is 0 Å². The minimum absolute atomic E-state index is 0.00731. The highest BCUT2D eigenvalue weighted by Gasteiger charge is 2.49.